The van der Waals surface area contributed by atoms with Crippen LogP contribution >= 0.6 is 11.3 Å². The summed E-state index contributed by atoms with van der Waals surface area (Å²) in [6.45, 7) is 6.16. The van der Waals surface area contributed by atoms with Crippen LogP contribution in [0.4, 0.5) is 0 Å². The Hall–Kier alpha value is -2.48. The number of carbonyl (C=O) groups excluding carboxylic acids is 1. The van der Waals surface area contributed by atoms with E-state index < -0.39 is 0 Å². The Balaban J connectivity index is 1.48. The molecule has 8 heteroatoms. The van der Waals surface area contributed by atoms with Crippen molar-refractivity contribution in [2.45, 2.75) is 45.1 Å². The molecular formula is C19H23N5O2S. The maximum Gasteiger partial charge on any atom is 0.292 e. The summed E-state index contributed by atoms with van der Waals surface area (Å²) < 4.78 is 7.43. The maximum absolute atomic E-state index is 12.8. The van der Waals surface area contributed by atoms with E-state index in [1.165, 1.54) is 0 Å². The molecule has 0 aliphatic carbocycles. The van der Waals surface area contributed by atoms with Gasteiger partial charge in [0.05, 0.1) is 23.4 Å². The van der Waals surface area contributed by atoms with Gasteiger partial charge in [-0.2, -0.15) is 0 Å². The average molecular weight is 385 g/mol. The number of nitrogens with zero attached hydrogens (tertiary/aromatic N) is 5. The number of imidazole rings is 1. The molecule has 4 rings (SSSR count). The van der Waals surface area contributed by atoms with Gasteiger partial charge >= 0.3 is 0 Å². The van der Waals surface area contributed by atoms with Crippen LogP contribution in [-0.2, 0) is 6.54 Å². The minimum Gasteiger partial charge on any atom is -0.351 e. The molecule has 0 spiro atoms. The van der Waals surface area contributed by atoms with Crippen LogP contribution in [0, 0.1) is 0 Å². The lowest BCUT2D eigenvalue weighted by Gasteiger charge is -2.32. The number of thiazole rings is 1. The van der Waals surface area contributed by atoms with Crippen molar-refractivity contribution < 1.29 is 9.32 Å². The standard InChI is InChI=1S/C19H23N5O2S/c1-13(2)16-8-17(26-22-16)19(25)24-6-3-4-14(9-24)18-20-5-7-23(18)10-15-11-27-12-21-15/h5,7-8,11-14H,3-4,6,9-10H2,1-2H3/t14-/m1/s1. The topological polar surface area (TPSA) is 77.0 Å². The smallest absolute Gasteiger partial charge is 0.292 e. The SMILES string of the molecule is CC(C)c1cc(C(=O)N2CCC[C@@H](c3nccn3Cc3cscn3)C2)on1. The molecule has 1 fully saturated rings. The summed E-state index contributed by atoms with van der Waals surface area (Å²) >= 11 is 1.59. The summed E-state index contributed by atoms with van der Waals surface area (Å²) in [6, 6.07) is 1.76. The number of carbonyl (C=O) groups is 1. The maximum atomic E-state index is 12.8. The van der Waals surface area contributed by atoms with Crippen LogP contribution in [0.3, 0.4) is 0 Å². The largest absolute Gasteiger partial charge is 0.351 e. The Morgan fingerprint density at radius 3 is 3.04 bits per heavy atom. The molecular weight excluding hydrogens is 362 g/mol. The second-order valence-corrected chi connectivity index (χ2v) is 7.97. The van der Waals surface area contributed by atoms with Crippen molar-refractivity contribution in [1.82, 2.24) is 24.6 Å². The van der Waals surface area contributed by atoms with Crippen molar-refractivity contribution in [2.24, 2.45) is 0 Å². The predicted octanol–water partition coefficient (Wildman–Crippen LogP) is 3.52. The van der Waals surface area contributed by atoms with Crippen molar-refractivity contribution in [3.8, 4) is 0 Å². The fourth-order valence-electron chi connectivity index (χ4n) is 3.49. The predicted molar refractivity (Wildman–Crippen MR) is 102 cm³/mol. The highest BCUT2D eigenvalue weighted by molar-refractivity contribution is 7.07. The van der Waals surface area contributed by atoms with Crippen molar-refractivity contribution in [3.63, 3.8) is 0 Å². The van der Waals surface area contributed by atoms with Gasteiger partial charge in [-0.25, -0.2) is 9.97 Å². The summed E-state index contributed by atoms with van der Waals surface area (Å²) in [4.78, 5) is 23.7. The summed E-state index contributed by atoms with van der Waals surface area (Å²) in [6.07, 6.45) is 5.78. The van der Waals surface area contributed by atoms with Crippen molar-refractivity contribution in [3.05, 3.63) is 52.3 Å². The zero-order valence-electron chi connectivity index (χ0n) is 15.5. The monoisotopic (exact) mass is 385 g/mol. The first-order chi connectivity index (χ1) is 13.1. The number of piperidine rings is 1. The van der Waals surface area contributed by atoms with E-state index >= 15 is 0 Å². The van der Waals surface area contributed by atoms with E-state index in [0.717, 1.165) is 36.6 Å². The molecule has 0 radical (unpaired) electrons. The molecule has 3 aromatic rings. The van der Waals surface area contributed by atoms with Gasteiger partial charge in [-0.1, -0.05) is 19.0 Å². The van der Waals surface area contributed by atoms with E-state index in [4.69, 9.17) is 4.52 Å². The molecule has 7 nitrogen and oxygen atoms in total. The summed E-state index contributed by atoms with van der Waals surface area (Å²) in [5.74, 6) is 1.70. The Bertz CT molecular complexity index is 899. The highest BCUT2D eigenvalue weighted by Crippen LogP contribution is 2.27. The third-order valence-corrected chi connectivity index (χ3v) is 5.60. The number of hydrogen-bond donors (Lipinski definition) is 0. The van der Waals surface area contributed by atoms with Crippen molar-refractivity contribution >= 4 is 17.2 Å². The van der Waals surface area contributed by atoms with Gasteiger partial charge in [0.25, 0.3) is 5.91 Å². The van der Waals surface area contributed by atoms with Gasteiger partial charge in [-0.05, 0) is 18.8 Å². The number of likely N-dealkylation sites (tertiary alicyclic amines) is 1. The highest BCUT2D eigenvalue weighted by atomic mass is 32.1. The molecule has 1 aliphatic heterocycles. The van der Waals surface area contributed by atoms with E-state index in [9.17, 15) is 4.79 Å². The average Bonchev–Trinajstić information content (AvgIpc) is 3.43. The second-order valence-electron chi connectivity index (χ2n) is 7.25. The van der Waals surface area contributed by atoms with Gasteiger partial charge in [0.2, 0.25) is 5.76 Å². The first-order valence-corrected chi connectivity index (χ1v) is 10.2. The van der Waals surface area contributed by atoms with Gasteiger partial charge < -0.3 is 14.0 Å². The lowest BCUT2D eigenvalue weighted by molar-refractivity contribution is 0.0661. The Kier molecular flexibility index (Phi) is 5.07. The quantitative estimate of drug-likeness (QED) is 0.672. The molecule has 27 heavy (non-hydrogen) atoms. The van der Waals surface area contributed by atoms with Gasteiger partial charge in [0, 0.05) is 42.8 Å². The van der Waals surface area contributed by atoms with E-state index in [1.807, 2.05) is 36.7 Å². The van der Waals surface area contributed by atoms with Crippen LogP contribution in [0.15, 0.2) is 33.9 Å². The van der Waals surface area contributed by atoms with Crippen molar-refractivity contribution in [1.29, 1.82) is 0 Å². The molecule has 0 bridgehead atoms. The van der Waals surface area contributed by atoms with Gasteiger partial charge in [-0.3, -0.25) is 4.79 Å². The molecule has 1 saturated heterocycles. The molecule has 1 atom stereocenters. The van der Waals surface area contributed by atoms with E-state index in [1.54, 1.807) is 17.4 Å². The lowest BCUT2D eigenvalue weighted by atomic mass is 9.96. The number of hydrogen-bond acceptors (Lipinski definition) is 6. The molecule has 3 aromatic heterocycles. The van der Waals surface area contributed by atoms with E-state index in [-0.39, 0.29) is 17.7 Å². The molecule has 0 N–H and O–H groups in total. The minimum atomic E-state index is -0.0864. The fraction of sp³-hybridized carbons (Fsp3) is 0.474. The normalized spacial score (nSPS) is 17.6. The Labute approximate surface area is 162 Å². The number of aromatic nitrogens is 4. The van der Waals surface area contributed by atoms with Crippen LogP contribution in [0.2, 0.25) is 0 Å². The Morgan fingerprint density at radius 2 is 2.30 bits per heavy atom. The van der Waals surface area contributed by atoms with Crippen LogP contribution in [0.25, 0.3) is 0 Å². The van der Waals surface area contributed by atoms with E-state index in [2.05, 4.69) is 25.1 Å². The zero-order valence-corrected chi connectivity index (χ0v) is 16.4. The number of rotatable bonds is 5. The van der Waals surface area contributed by atoms with Crippen LogP contribution < -0.4 is 0 Å². The lowest BCUT2D eigenvalue weighted by Crippen LogP contribution is -2.39. The van der Waals surface area contributed by atoms with Crippen LogP contribution in [-0.4, -0.2) is 43.6 Å². The minimum absolute atomic E-state index is 0.0864. The van der Waals surface area contributed by atoms with Gasteiger partial charge in [0.15, 0.2) is 0 Å². The van der Waals surface area contributed by atoms with Crippen LogP contribution in [0.1, 0.15) is 66.3 Å². The van der Waals surface area contributed by atoms with Crippen molar-refractivity contribution in [2.75, 3.05) is 13.1 Å². The molecule has 4 heterocycles. The Morgan fingerprint density at radius 1 is 1.41 bits per heavy atom. The summed E-state index contributed by atoms with van der Waals surface area (Å²) in [7, 11) is 0. The molecule has 0 unspecified atom stereocenters. The van der Waals surface area contributed by atoms with Gasteiger partial charge in [-0.15, -0.1) is 11.3 Å². The van der Waals surface area contributed by atoms with E-state index in [0.29, 0.717) is 18.8 Å². The third kappa shape index (κ3) is 3.80. The molecule has 0 saturated carbocycles. The molecule has 1 amide bonds. The first kappa shape index (κ1) is 17.9. The van der Waals surface area contributed by atoms with Gasteiger partial charge in [0.1, 0.15) is 5.82 Å². The summed E-state index contributed by atoms with van der Waals surface area (Å²) in [5.41, 5.74) is 3.69. The first-order valence-electron chi connectivity index (χ1n) is 9.26. The molecule has 1 aliphatic rings. The van der Waals surface area contributed by atoms with Crippen LogP contribution in [0.5, 0.6) is 0 Å². The second kappa shape index (κ2) is 7.64. The molecule has 0 aromatic carbocycles. The third-order valence-electron chi connectivity index (χ3n) is 4.97. The zero-order chi connectivity index (χ0) is 18.8. The number of amides is 1. The fourth-order valence-corrected chi connectivity index (χ4v) is 4.04. The molecule has 142 valence electrons. The summed E-state index contributed by atoms with van der Waals surface area (Å²) in [5, 5.41) is 6.06. The highest BCUT2D eigenvalue weighted by Gasteiger charge is 2.30.